The summed E-state index contributed by atoms with van der Waals surface area (Å²) in [4.78, 5) is 13.9. The van der Waals surface area contributed by atoms with Crippen molar-refractivity contribution in [3.8, 4) is 0 Å². The molecule has 5 nitrogen and oxygen atoms in total. The molecule has 0 spiro atoms. The second kappa shape index (κ2) is 11.2. The summed E-state index contributed by atoms with van der Waals surface area (Å²) in [6.07, 6.45) is 3.34. The fourth-order valence-corrected chi connectivity index (χ4v) is 5.68. The highest BCUT2D eigenvalue weighted by atomic mass is 19.1. The molecule has 0 aromatic heterocycles. The van der Waals surface area contributed by atoms with E-state index in [2.05, 4.69) is 29.8 Å². The Labute approximate surface area is 213 Å². The van der Waals surface area contributed by atoms with Gasteiger partial charge in [0.1, 0.15) is 11.4 Å². The van der Waals surface area contributed by atoms with Crippen LogP contribution in [0.5, 0.6) is 0 Å². The molecule has 1 aliphatic heterocycles. The molecular formula is C30H36FN3O2. The summed E-state index contributed by atoms with van der Waals surface area (Å²) in [5, 5.41) is 14.4. The van der Waals surface area contributed by atoms with Crippen molar-refractivity contribution in [2.45, 2.75) is 50.6 Å². The van der Waals surface area contributed by atoms with Crippen molar-refractivity contribution >= 4 is 11.6 Å². The van der Waals surface area contributed by atoms with E-state index in [1.54, 1.807) is 0 Å². The molecule has 0 aliphatic carbocycles. The van der Waals surface area contributed by atoms with Gasteiger partial charge in [0.15, 0.2) is 0 Å². The predicted molar refractivity (Wildman–Crippen MR) is 142 cm³/mol. The maximum atomic E-state index is 14.1. The van der Waals surface area contributed by atoms with Gasteiger partial charge in [-0.3, -0.25) is 9.80 Å². The molecule has 3 atom stereocenters. The van der Waals surface area contributed by atoms with Crippen molar-refractivity contribution in [3.05, 3.63) is 102 Å². The molecule has 6 heteroatoms. The van der Waals surface area contributed by atoms with Crippen LogP contribution in [0.2, 0.25) is 0 Å². The van der Waals surface area contributed by atoms with Gasteiger partial charge in [-0.1, -0.05) is 80.4 Å². The highest BCUT2D eigenvalue weighted by Gasteiger charge is 2.62. The van der Waals surface area contributed by atoms with E-state index in [9.17, 15) is 14.3 Å². The average molecular weight is 490 g/mol. The fourth-order valence-electron chi connectivity index (χ4n) is 5.68. The molecule has 0 saturated carbocycles. The number of para-hydroxylation sites is 1. The second-order valence-electron chi connectivity index (χ2n) is 9.75. The maximum absolute atomic E-state index is 14.1. The molecule has 3 unspecified atom stereocenters. The van der Waals surface area contributed by atoms with E-state index >= 15 is 0 Å². The Morgan fingerprint density at radius 3 is 2.28 bits per heavy atom. The van der Waals surface area contributed by atoms with Gasteiger partial charge < -0.3 is 10.4 Å². The summed E-state index contributed by atoms with van der Waals surface area (Å²) in [7, 11) is 0. The van der Waals surface area contributed by atoms with Crippen LogP contribution in [0.1, 0.15) is 44.2 Å². The van der Waals surface area contributed by atoms with Crippen LogP contribution in [-0.4, -0.2) is 29.7 Å². The number of aliphatic hydroxyl groups is 1. The number of hydrogen-bond acceptors (Lipinski definition) is 4. The van der Waals surface area contributed by atoms with Gasteiger partial charge in [-0.25, -0.2) is 9.82 Å². The lowest BCUT2D eigenvalue weighted by Gasteiger charge is -2.40. The van der Waals surface area contributed by atoms with Crippen LogP contribution in [-0.2, 0) is 16.8 Å². The van der Waals surface area contributed by atoms with Gasteiger partial charge in [-0.2, -0.15) is 0 Å². The maximum Gasteiger partial charge on any atom is 0.247 e. The molecule has 1 aliphatic rings. The van der Waals surface area contributed by atoms with E-state index in [1.807, 2.05) is 72.6 Å². The van der Waals surface area contributed by atoms with Gasteiger partial charge in [0, 0.05) is 12.5 Å². The first-order valence-electron chi connectivity index (χ1n) is 12.8. The van der Waals surface area contributed by atoms with Crippen molar-refractivity contribution in [3.63, 3.8) is 0 Å². The molecular weight excluding hydrogens is 453 g/mol. The van der Waals surface area contributed by atoms with Gasteiger partial charge in [-0.05, 0) is 55.2 Å². The van der Waals surface area contributed by atoms with Crippen molar-refractivity contribution < 1.29 is 14.3 Å². The number of nitrogens with zero attached hydrogens (tertiary/aromatic N) is 1. The molecule has 4 rings (SSSR count). The minimum Gasteiger partial charge on any atom is -0.395 e. The molecule has 0 radical (unpaired) electrons. The predicted octanol–water partition coefficient (Wildman–Crippen LogP) is 4.96. The lowest BCUT2D eigenvalue weighted by molar-refractivity contribution is -0.127. The molecule has 3 aromatic carbocycles. The monoisotopic (exact) mass is 489 g/mol. The first-order valence-corrected chi connectivity index (χ1v) is 12.8. The molecule has 3 aromatic rings. The molecule has 36 heavy (non-hydrogen) atoms. The zero-order chi connectivity index (χ0) is 25.6. The lowest BCUT2D eigenvalue weighted by atomic mass is 9.66. The zero-order valence-electron chi connectivity index (χ0n) is 21.1. The Morgan fingerprint density at radius 1 is 1.03 bits per heavy atom. The number of aliphatic hydroxyl groups excluding tert-OH is 1. The molecule has 1 heterocycles. The number of carbonyl (C=O) groups excluding carboxylic acids is 1. The van der Waals surface area contributed by atoms with Crippen molar-refractivity contribution in [1.82, 2.24) is 10.7 Å². The zero-order valence-corrected chi connectivity index (χ0v) is 21.1. The largest absolute Gasteiger partial charge is 0.395 e. The number of carbonyl (C=O) groups is 1. The number of nitrogens with one attached hydrogen (secondary N) is 2. The normalized spacial score (nSPS) is 23.6. The highest BCUT2D eigenvalue weighted by molar-refractivity contribution is 5.91. The van der Waals surface area contributed by atoms with E-state index < -0.39 is 11.1 Å². The van der Waals surface area contributed by atoms with Crippen molar-refractivity contribution in [2.75, 3.05) is 18.2 Å². The summed E-state index contributed by atoms with van der Waals surface area (Å²) in [5.41, 5.74) is 5.09. The summed E-state index contributed by atoms with van der Waals surface area (Å²) < 4.78 is 14.1. The van der Waals surface area contributed by atoms with E-state index in [4.69, 9.17) is 0 Å². The second-order valence-corrected chi connectivity index (χ2v) is 9.75. The molecule has 1 fully saturated rings. The Bertz CT molecular complexity index is 1130. The summed E-state index contributed by atoms with van der Waals surface area (Å²) in [5.74, 6) is -0.597. The number of rotatable bonds is 10. The topological polar surface area (TPSA) is 64.6 Å². The average Bonchev–Trinajstić information content (AvgIpc) is 3.16. The van der Waals surface area contributed by atoms with Gasteiger partial charge in [-0.15, -0.1) is 0 Å². The summed E-state index contributed by atoms with van der Waals surface area (Å²) >= 11 is 0. The first kappa shape index (κ1) is 25.9. The minimum atomic E-state index is -0.977. The van der Waals surface area contributed by atoms with E-state index in [-0.39, 0.29) is 30.8 Å². The Balaban J connectivity index is 1.94. The third-order valence-corrected chi connectivity index (χ3v) is 7.45. The number of amides is 1. The molecule has 1 saturated heterocycles. The minimum absolute atomic E-state index is 0.132. The van der Waals surface area contributed by atoms with Crippen LogP contribution < -0.4 is 15.8 Å². The summed E-state index contributed by atoms with van der Waals surface area (Å²) in [6, 6.07) is 26.7. The highest BCUT2D eigenvalue weighted by Crippen LogP contribution is 2.51. The molecule has 3 N–H and O–H groups in total. The van der Waals surface area contributed by atoms with Crippen molar-refractivity contribution in [2.24, 2.45) is 5.92 Å². The van der Waals surface area contributed by atoms with E-state index in [0.29, 0.717) is 6.42 Å². The van der Waals surface area contributed by atoms with Crippen LogP contribution in [0.25, 0.3) is 0 Å². The van der Waals surface area contributed by atoms with Gasteiger partial charge in [0.05, 0.1) is 17.8 Å². The molecule has 190 valence electrons. The standard InChI is InChI=1S/C30H36FN3O2/c1-3-4-15-27-29(2,28(36)32-20-21-35)34(26-13-9-6-10-14-26)33-30(27,22-23-11-7-5-8-12-23)24-16-18-25(31)19-17-24/h5-14,16-19,27,33,35H,3-4,15,20-22H2,1-2H3,(H,32,36). The van der Waals surface area contributed by atoms with E-state index in [1.165, 1.54) is 12.1 Å². The van der Waals surface area contributed by atoms with Gasteiger partial charge >= 0.3 is 0 Å². The fraction of sp³-hybridized carbons (Fsp3) is 0.367. The SMILES string of the molecule is CCCCC1C(Cc2ccccc2)(c2ccc(F)cc2)NN(c2ccccc2)C1(C)C(=O)NCCO. The third-order valence-electron chi connectivity index (χ3n) is 7.45. The quantitative estimate of drug-likeness (QED) is 0.377. The number of anilines is 1. The van der Waals surface area contributed by atoms with Crippen LogP contribution in [0.15, 0.2) is 84.9 Å². The first-order chi connectivity index (χ1) is 17.5. The number of hydrogen-bond donors (Lipinski definition) is 3. The van der Waals surface area contributed by atoms with E-state index in [0.717, 1.165) is 36.1 Å². The Hall–Kier alpha value is -3.22. The number of halogens is 1. The van der Waals surface area contributed by atoms with Crippen molar-refractivity contribution in [1.29, 1.82) is 0 Å². The third kappa shape index (κ3) is 4.88. The van der Waals surface area contributed by atoms with Crippen LogP contribution >= 0.6 is 0 Å². The molecule has 0 bridgehead atoms. The summed E-state index contributed by atoms with van der Waals surface area (Å²) in [6.45, 7) is 4.18. The van der Waals surface area contributed by atoms with Crippen LogP contribution in [0.3, 0.4) is 0 Å². The van der Waals surface area contributed by atoms with Crippen LogP contribution in [0.4, 0.5) is 10.1 Å². The molecule has 1 amide bonds. The number of hydrazine groups is 1. The van der Waals surface area contributed by atoms with Crippen LogP contribution in [0, 0.1) is 11.7 Å². The number of unbranched alkanes of at least 4 members (excludes halogenated alkanes) is 1. The lowest BCUT2D eigenvalue weighted by Crippen LogP contribution is -2.59. The smallest absolute Gasteiger partial charge is 0.247 e. The Morgan fingerprint density at radius 2 is 1.67 bits per heavy atom. The van der Waals surface area contributed by atoms with Gasteiger partial charge in [0.2, 0.25) is 5.91 Å². The van der Waals surface area contributed by atoms with Gasteiger partial charge in [0.25, 0.3) is 0 Å². The Kier molecular flexibility index (Phi) is 8.07. The number of benzene rings is 3.